The average molecular weight is 441 g/mol. The van der Waals surface area contributed by atoms with Crippen LogP contribution in [-0.4, -0.2) is 30.5 Å². The van der Waals surface area contributed by atoms with Gasteiger partial charge in [0.1, 0.15) is 11.5 Å². The number of amides is 2. The third-order valence-corrected chi connectivity index (χ3v) is 5.10. The number of hydrogen-bond donors (Lipinski definition) is 2. The molecule has 2 amide bonds. The number of rotatable bonds is 6. The molecule has 4 rings (SSSR count). The van der Waals surface area contributed by atoms with Crippen molar-refractivity contribution < 1.29 is 19.1 Å². The second-order valence-corrected chi connectivity index (χ2v) is 7.33. The number of para-hydroxylation sites is 1. The van der Waals surface area contributed by atoms with Crippen molar-refractivity contribution in [3.8, 4) is 22.6 Å². The molecule has 0 saturated heterocycles. The van der Waals surface area contributed by atoms with Gasteiger partial charge in [-0.2, -0.15) is 0 Å². The van der Waals surface area contributed by atoms with Crippen LogP contribution in [0.15, 0.2) is 78.9 Å². The van der Waals surface area contributed by atoms with Crippen molar-refractivity contribution in [2.75, 3.05) is 13.7 Å². The number of ether oxygens (including phenoxy) is 2. The van der Waals surface area contributed by atoms with Gasteiger partial charge in [0.2, 0.25) is 0 Å². The summed E-state index contributed by atoms with van der Waals surface area (Å²) in [6.07, 6.45) is 0. The fourth-order valence-corrected chi connectivity index (χ4v) is 3.43. The number of nitrogens with one attached hydrogen (secondary N) is 2. The van der Waals surface area contributed by atoms with Gasteiger partial charge in [-0.05, 0) is 42.8 Å². The van der Waals surface area contributed by atoms with Gasteiger partial charge in [0.05, 0.1) is 23.9 Å². The van der Waals surface area contributed by atoms with E-state index < -0.39 is 11.8 Å². The second kappa shape index (κ2) is 9.82. The van der Waals surface area contributed by atoms with Gasteiger partial charge < -0.3 is 9.47 Å². The van der Waals surface area contributed by atoms with Crippen LogP contribution in [0.3, 0.4) is 0 Å². The minimum absolute atomic E-state index is 0.254. The van der Waals surface area contributed by atoms with Crippen LogP contribution in [0, 0.1) is 6.92 Å². The van der Waals surface area contributed by atoms with Crippen molar-refractivity contribution in [3.05, 3.63) is 90.1 Å². The number of benzene rings is 3. The zero-order valence-corrected chi connectivity index (χ0v) is 18.3. The van der Waals surface area contributed by atoms with Crippen molar-refractivity contribution in [1.29, 1.82) is 0 Å². The first-order valence-electron chi connectivity index (χ1n) is 10.4. The van der Waals surface area contributed by atoms with Crippen LogP contribution in [0.25, 0.3) is 22.0 Å². The van der Waals surface area contributed by atoms with Crippen LogP contribution in [0.4, 0.5) is 0 Å². The van der Waals surface area contributed by atoms with Crippen LogP contribution >= 0.6 is 0 Å². The number of fused-ring (bicyclic) bond motifs is 1. The van der Waals surface area contributed by atoms with Crippen molar-refractivity contribution in [2.24, 2.45) is 0 Å². The van der Waals surface area contributed by atoms with Crippen molar-refractivity contribution in [3.63, 3.8) is 0 Å². The topological polar surface area (TPSA) is 89.5 Å². The van der Waals surface area contributed by atoms with Gasteiger partial charge >= 0.3 is 0 Å². The molecule has 0 fully saturated rings. The summed E-state index contributed by atoms with van der Waals surface area (Å²) in [6, 6.07) is 24.4. The summed E-state index contributed by atoms with van der Waals surface area (Å²) < 4.78 is 10.9. The standard InChI is InChI=1S/C26H23N3O4/c1-17-22(15-19-14-20(32-2)12-13-23(19)27-17)26(31)29-28-25(30)16-33-24-11-7-6-10-21(24)18-8-4-3-5-9-18/h3-15H,16H2,1-2H3,(H,28,30)(H,29,31). The molecule has 3 aromatic carbocycles. The molecule has 7 heteroatoms. The highest BCUT2D eigenvalue weighted by molar-refractivity contribution is 5.99. The molecule has 0 aliphatic rings. The Bertz CT molecular complexity index is 1310. The third-order valence-electron chi connectivity index (χ3n) is 5.10. The summed E-state index contributed by atoms with van der Waals surface area (Å²) in [5.41, 5.74) is 8.33. The number of carbonyl (C=O) groups is 2. The molecule has 2 N–H and O–H groups in total. The molecule has 33 heavy (non-hydrogen) atoms. The summed E-state index contributed by atoms with van der Waals surface area (Å²) in [6.45, 7) is 1.49. The van der Waals surface area contributed by atoms with Gasteiger partial charge in [0, 0.05) is 10.9 Å². The normalized spacial score (nSPS) is 10.5. The first kappa shape index (κ1) is 21.8. The van der Waals surface area contributed by atoms with Crippen molar-refractivity contribution in [1.82, 2.24) is 15.8 Å². The highest BCUT2D eigenvalue weighted by Crippen LogP contribution is 2.29. The Morgan fingerprint density at radius 3 is 2.45 bits per heavy atom. The SMILES string of the molecule is COc1ccc2nc(C)c(C(=O)NNC(=O)COc3ccccc3-c3ccccc3)cc2c1. The first-order chi connectivity index (χ1) is 16.0. The minimum Gasteiger partial charge on any atom is -0.497 e. The number of carbonyl (C=O) groups excluding carboxylic acids is 2. The average Bonchev–Trinajstić information content (AvgIpc) is 2.86. The number of aryl methyl sites for hydroxylation is 1. The zero-order valence-electron chi connectivity index (χ0n) is 18.3. The van der Waals surface area contributed by atoms with E-state index in [-0.39, 0.29) is 6.61 Å². The molecule has 0 aliphatic heterocycles. The number of pyridine rings is 1. The maximum absolute atomic E-state index is 12.6. The smallest absolute Gasteiger partial charge is 0.276 e. The third kappa shape index (κ3) is 5.10. The Morgan fingerprint density at radius 2 is 1.67 bits per heavy atom. The Morgan fingerprint density at radius 1 is 0.909 bits per heavy atom. The predicted molar refractivity (Wildman–Crippen MR) is 126 cm³/mol. The zero-order chi connectivity index (χ0) is 23.2. The van der Waals surface area contributed by atoms with Gasteiger partial charge in [-0.25, -0.2) is 0 Å². The molecule has 166 valence electrons. The van der Waals surface area contributed by atoms with Crippen molar-refractivity contribution >= 4 is 22.7 Å². The fourth-order valence-electron chi connectivity index (χ4n) is 3.43. The Hall–Kier alpha value is -4.39. The van der Waals surface area contributed by atoms with Crippen LogP contribution in [0.2, 0.25) is 0 Å². The number of nitrogens with zero attached hydrogens (tertiary/aromatic N) is 1. The minimum atomic E-state index is -0.487. The molecule has 4 aromatic rings. The van der Waals surface area contributed by atoms with Crippen molar-refractivity contribution in [2.45, 2.75) is 6.92 Å². The molecule has 7 nitrogen and oxygen atoms in total. The molecule has 0 saturated carbocycles. The quantitative estimate of drug-likeness (QED) is 0.441. The first-order valence-corrected chi connectivity index (χ1v) is 10.4. The van der Waals surface area contributed by atoms with Crippen LogP contribution in [0.5, 0.6) is 11.5 Å². The van der Waals surface area contributed by atoms with Crippen LogP contribution in [-0.2, 0) is 4.79 Å². The monoisotopic (exact) mass is 441 g/mol. The van der Waals surface area contributed by atoms with Gasteiger partial charge in [-0.3, -0.25) is 25.4 Å². The highest BCUT2D eigenvalue weighted by atomic mass is 16.5. The lowest BCUT2D eigenvalue weighted by Gasteiger charge is -2.13. The number of hydrazine groups is 1. The summed E-state index contributed by atoms with van der Waals surface area (Å²) >= 11 is 0. The predicted octanol–water partition coefficient (Wildman–Crippen LogP) is 4.06. The Balaban J connectivity index is 1.39. The Kier molecular flexibility index (Phi) is 6.50. The number of methoxy groups -OCH3 is 1. The second-order valence-electron chi connectivity index (χ2n) is 7.33. The fraction of sp³-hybridized carbons (Fsp3) is 0.115. The van der Waals surface area contributed by atoms with E-state index in [1.807, 2.05) is 60.7 Å². The maximum Gasteiger partial charge on any atom is 0.276 e. The van der Waals surface area contributed by atoms with E-state index in [0.29, 0.717) is 22.8 Å². The summed E-state index contributed by atoms with van der Waals surface area (Å²) in [7, 11) is 1.58. The summed E-state index contributed by atoms with van der Waals surface area (Å²) in [4.78, 5) is 29.4. The summed E-state index contributed by atoms with van der Waals surface area (Å²) in [5, 5.41) is 0.761. The molecule has 0 unspecified atom stereocenters. The van der Waals surface area contributed by atoms with E-state index in [9.17, 15) is 9.59 Å². The van der Waals surface area contributed by atoms with Gasteiger partial charge in [0.15, 0.2) is 6.61 Å². The lowest BCUT2D eigenvalue weighted by Crippen LogP contribution is -2.44. The number of hydrogen-bond acceptors (Lipinski definition) is 5. The lowest BCUT2D eigenvalue weighted by molar-refractivity contribution is -0.123. The van der Waals surface area contributed by atoms with E-state index in [0.717, 1.165) is 22.0 Å². The summed E-state index contributed by atoms with van der Waals surface area (Å²) in [5.74, 6) is 0.288. The van der Waals surface area contributed by atoms with Crippen LogP contribution < -0.4 is 20.3 Å². The van der Waals surface area contributed by atoms with E-state index in [4.69, 9.17) is 9.47 Å². The Labute approximate surface area is 191 Å². The molecule has 0 aliphatic carbocycles. The maximum atomic E-state index is 12.6. The van der Waals surface area contributed by atoms with E-state index in [2.05, 4.69) is 15.8 Å². The van der Waals surface area contributed by atoms with Crippen LogP contribution in [0.1, 0.15) is 16.1 Å². The van der Waals surface area contributed by atoms with Gasteiger partial charge in [-0.1, -0.05) is 48.5 Å². The van der Waals surface area contributed by atoms with E-state index >= 15 is 0 Å². The number of aromatic nitrogens is 1. The highest BCUT2D eigenvalue weighted by Gasteiger charge is 2.14. The largest absolute Gasteiger partial charge is 0.497 e. The molecule has 0 radical (unpaired) electrons. The van der Waals surface area contributed by atoms with E-state index in [1.54, 1.807) is 32.2 Å². The molecule has 0 atom stereocenters. The molecule has 0 spiro atoms. The van der Waals surface area contributed by atoms with Gasteiger partial charge in [0.25, 0.3) is 11.8 Å². The lowest BCUT2D eigenvalue weighted by atomic mass is 10.1. The molecular formula is C26H23N3O4. The molecular weight excluding hydrogens is 418 g/mol. The molecule has 1 heterocycles. The van der Waals surface area contributed by atoms with Gasteiger partial charge in [-0.15, -0.1) is 0 Å². The molecule has 1 aromatic heterocycles. The molecule has 0 bridgehead atoms. The van der Waals surface area contributed by atoms with E-state index in [1.165, 1.54) is 0 Å².